The van der Waals surface area contributed by atoms with Crippen LogP contribution in [-0.4, -0.2) is 11.1 Å². The number of aliphatic carboxylic acids is 1. The molecule has 0 unspecified atom stereocenters. The van der Waals surface area contributed by atoms with E-state index < -0.39 is 5.97 Å². The molecule has 0 saturated carbocycles. The first-order valence-electron chi connectivity index (χ1n) is 5.99. The van der Waals surface area contributed by atoms with Crippen LogP contribution >= 0.6 is 0 Å². The highest BCUT2D eigenvalue weighted by atomic mass is 16.4. The van der Waals surface area contributed by atoms with Crippen molar-refractivity contribution in [3.8, 4) is 11.1 Å². The Morgan fingerprint density at radius 2 is 1.63 bits per heavy atom. The van der Waals surface area contributed by atoms with Crippen molar-refractivity contribution in [1.82, 2.24) is 0 Å². The molecule has 0 radical (unpaired) electrons. The molecule has 0 spiro atoms. The van der Waals surface area contributed by atoms with Gasteiger partial charge in [-0.05, 0) is 22.8 Å². The van der Waals surface area contributed by atoms with Gasteiger partial charge in [0.1, 0.15) is 0 Å². The van der Waals surface area contributed by atoms with E-state index in [0.29, 0.717) is 0 Å². The van der Waals surface area contributed by atoms with Gasteiger partial charge in [0, 0.05) is 6.08 Å². The Bertz CT molecular complexity index is 610. The lowest BCUT2D eigenvalue weighted by Crippen LogP contribution is -1.84. The van der Waals surface area contributed by atoms with Crippen molar-refractivity contribution in [2.45, 2.75) is 0 Å². The Hall–Kier alpha value is -2.61. The van der Waals surface area contributed by atoms with Gasteiger partial charge in [0.25, 0.3) is 0 Å². The van der Waals surface area contributed by atoms with Crippen LogP contribution in [0.3, 0.4) is 0 Å². The zero-order valence-electron chi connectivity index (χ0n) is 10.4. The van der Waals surface area contributed by atoms with Crippen molar-refractivity contribution in [1.29, 1.82) is 0 Å². The van der Waals surface area contributed by atoms with Crippen LogP contribution in [0, 0.1) is 0 Å². The van der Waals surface area contributed by atoms with Gasteiger partial charge in [0.05, 0.1) is 0 Å². The van der Waals surface area contributed by atoms with Crippen molar-refractivity contribution in [3.05, 3.63) is 78.4 Å². The van der Waals surface area contributed by atoms with Crippen molar-refractivity contribution in [2.75, 3.05) is 0 Å². The summed E-state index contributed by atoms with van der Waals surface area (Å²) in [6.45, 7) is 0. The first-order valence-corrected chi connectivity index (χ1v) is 5.99. The number of rotatable bonds is 4. The minimum atomic E-state index is -0.942. The maximum atomic E-state index is 10.3. The summed E-state index contributed by atoms with van der Waals surface area (Å²) in [6, 6.07) is 18.2. The molecule has 0 bridgehead atoms. The fourth-order valence-corrected chi connectivity index (χ4v) is 1.76. The van der Waals surface area contributed by atoms with Crippen molar-refractivity contribution in [3.63, 3.8) is 0 Å². The van der Waals surface area contributed by atoms with Gasteiger partial charge in [0.2, 0.25) is 0 Å². The summed E-state index contributed by atoms with van der Waals surface area (Å²) in [5.41, 5.74) is 3.35. The SMILES string of the molecule is O=C(O)/C=C/C=C/c1cccc(-c2ccccc2)c1. The third kappa shape index (κ3) is 3.96. The van der Waals surface area contributed by atoms with Crippen molar-refractivity contribution < 1.29 is 9.90 Å². The topological polar surface area (TPSA) is 37.3 Å². The molecule has 0 saturated heterocycles. The van der Waals surface area contributed by atoms with Gasteiger partial charge < -0.3 is 5.11 Å². The molecule has 0 atom stereocenters. The molecule has 0 aliphatic rings. The van der Waals surface area contributed by atoms with E-state index in [1.165, 1.54) is 11.6 Å². The molecule has 0 aliphatic heterocycles. The molecule has 2 heteroatoms. The summed E-state index contributed by atoms with van der Waals surface area (Å²) < 4.78 is 0. The van der Waals surface area contributed by atoms with Crippen LogP contribution in [0.25, 0.3) is 17.2 Å². The molecule has 1 N–H and O–H groups in total. The molecule has 0 aliphatic carbocycles. The molecule has 0 fully saturated rings. The van der Waals surface area contributed by atoms with Crippen molar-refractivity contribution in [2.24, 2.45) is 0 Å². The number of carboxylic acid groups (broad SMARTS) is 1. The molecule has 0 heterocycles. The van der Waals surface area contributed by atoms with Gasteiger partial charge in [-0.2, -0.15) is 0 Å². The second kappa shape index (κ2) is 6.36. The van der Waals surface area contributed by atoms with E-state index in [1.807, 2.05) is 36.4 Å². The van der Waals surface area contributed by atoms with Crippen LogP contribution in [-0.2, 0) is 4.79 Å². The van der Waals surface area contributed by atoms with Crippen LogP contribution in [0.5, 0.6) is 0 Å². The molecular formula is C17H14O2. The summed E-state index contributed by atoms with van der Waals surface area (Å²) in [7, 11) is 0. The highest BCUT2D eigenvalue weighted by molar-refractivity contribution is 5.80. The quantitative estimate of drug-likeness (QED) is 0.657. The Labute approximate surface area is 112 Å². The van der Waals surface area contributed by atoms with E-state index in [-0.39, 0.29) is 0 Å². The van der Waals surface area contributed by atoms with E-state index in [1.54, 1.807) is 6.08 Å². The molecule has 2 aromatic carbocycles. The Morgan fingerprint density at radius 3 is 2.37 bits per heavy atom. The Kier molecular flexibility index (Phi) is 4.29. The summed E-state index contributed by atoms with van der Waals surface area (Å²) in [5, 5.41) is 8.48. The number of carbonyl (C=O) groups is 1. The molecule has 2 aromatic rings. The highest BCUT2D eigenvalue weighted by Crippen LogP contribution is 2.20. The molecule has 94 valence electrons. The minimum Gasteiger partial charge on any atom is -0.478 e. The van der Waals surface area contributed by atoms with Crippen LogP contribution in [0.15, 0.2) is 72.8 Å². The number of hydrogen-bond donors (Lipinski definition) is 1. The van der Waals surface area contributed by atoms with E-state index in [4.69, 9.17) is 5.11 Å². The van der Waals surface area contributed by atoms with Crippen LogP contribution in [0.2, 0.25) is 0 Å². The fraction of sp³-hybridized carbons (Fsp3) is 0. The van der Waals surface area contributed by atoms with Gasteiger partial charge in [-0.1, -0.05) is 66.8 Å². The summed E-state index contributed by atoms with van der Waals surface area (Å²) in [4.78, 5) is 10.3. The average Bonchev–Trinajstić information content (AvgIpc) is 2.45. The summed E-state index contributed by atoms with van der Waals surface area (Å²) in [5.74, 6) is -0.942. The van der Waals surface area contributed by atoms with E-state index in [0.717, 1.165) is 17.2 Å². The Morgan fingerprint density at radius 1 is 0.895 bits per heavy atom. The molecular weight excluding hydrogens is 236 g/mol. The standard InChI is InChI=1S/C17H14O2/c18-17(19)12-5-4-7-14-8-6-11-16(13-14)15-9-2-1-3-10-15/h1-13H,(H,18,19)/b7-4+,12-5+. The lowest BCUT2D eigenvalue weighted by atomic mass is 10.0. The highest BCUT2D eigenvalue weighted by Gasteiger charge is 1.96. The maximum Gasteiger partial charge on any atom is 0.328 e. The normalized spacial score (nSPS) is 11.2. The molecule has 2 rings (SSSR count). The maximum absolute atomic E-state index is 10.3. The predicted molar refractivity (Wildman–Crippen MR) is 77.7 cm³/mol. The third-order valence-corrected chi connectivity index (χ3v) is 2.63. The summed E-state index contributed by atoms with van der Waals surface area (Å²) >= 11 is 0. The van der Waals surface area contributed by atoms with E-state index >= 15 is 0 Å². The lowest BCUT2D eigenvalue weighted by Gasteiger charge is -2.02. The Balaban J connectivity index is 2.18. The van der Waals surface area contributed by atoms with E-state index in [9.17, 15) is 4.79 Å². The first kappa shape index (κ1) is 12.8. The zero-order chi connectivity index (χ0) is 13.5. The fourth-order valence-electron chi connectivity index (χ4n) is 1.76. The average molecular weight is 250 g/mol. The van der Waals surface area contributed by atoms with E-state index in [2.05, 4.69) is 24.3 Å². The lowest BCUT2D eigenvalue weighted by molar-refractivity contribution is -0.131. The smallest absolute Gasteiger partial charge is 0.328 e. The van der Waals surface area contributed by atoms with Gasteiger partial charge >= 0.3 is 5.97 Å². The third-order valence-electron chi connectivity index (χ3n) is 2.63. The van der Waals surface area contributed by atoms with Gasteiger partial charge in [-0.15, -0.1) is 0 Å². The number of benzene rings is 2. The van der Waals surface area contributed by atoms with Crippen LogP contribution in [0.4, 0.5) is 0 Å². The van der Waals surface area contributed by atoms with Crippen LogP contribution < -0.4 is 0 Å². The predicted octanol–water partition coefficient (Wildman–Crippen LogP) is 4.01. The van der Waals surface area contributed by atoms with Gasteiger partial charge in [0.15, 0.2) is 0 Å². The molecule has 2 nitrogen and oxygen atoms in total. The molecule has 0 amide bonds. The monoisotopic (exact) mass is 250 g/mol. The largest absolute Gasteiger partial charge is 0.478 e. The first-order chi connectivity index (χ1) is 9.25. The van der Waals surface area contributed by atoms with Crippen LogP contribution in [0.1, 0.15) is 5.56 Å². The minimum absolute atomic E-state index is 0.942. The number of carboxylic acids is 1. The van der Waals surface area contributed by atoms with Gasteiger partial charge in [-0.3, -0.25) is 0 Å². The number of allylic oxidation sites excluding steroid dienone is 2. The second-order valence-electron chi connectivity index (χ2n) is 4.05. The van der Waals surface area contributed by atoms with Gasteiger partial charge in [-0.25, -0.2) is 4.79 Å². The molecule has 0 aromatic heterocycles. The number of hydrogen-bond acceptors (Lipinski definition) is 1. The second-order valence-corrected chi connectivity index (χ2v) is 4.05. The van der Waals surface area contributed by atoms with Crippen molar-refractivity contribution >= 4 is 12.0 Å². The zero-order valence-corrected chi connectivity index (χ0v) is 10.4. The summed E-state index contributed by atoms with van der Waals surface area (Å²) in [6.07, 6.45) is 6.22. The molecule has 19 heavy (non-hydrogen) atoms.